The number of carbonyl (C=O) groups excluding carboxylic acids is 1. The summed E-state index contributed by atoms with van der Waals surface area (Å²) in [5.74, 6) is 2.08. The number of para-hydroxylation sites is 2. The van der Waals surface area contributed by atoms with Gasteiger partial charge in [-0.1, -0.05) is 17.3 Å². The van der Waals surface area contributed by atoms with E-state index in [1.54, 1.807) is 4.90 Å². The van der Waals surface area contributed by atoms with Crippen LogP contribution in [0.5, 0.6) is 0 Å². The molecule has 2 aliphatic heterocycles. The Kier molecular flexibility index (Phi) is 5.36. The van der Waals surface area contributed by atoms with Crippen molar-refractivity contribution in [1.82, 2.24) is 29.9 Å². The molecule has 0 radical (unpaired) electrons. The molecule has 0 saturated carbocycles. The van der Waals surface area contributed by atoms with Gasteiger partial charge < -0.3 is 19.3 Å². The molecule has 5 rings (SSSR count). The molecule has 2 amide bonds. The number of carbonyl (C=O) groups is 1. The predicted molar refractivity (Wildman–Crippen MR) is 118 cm³/mol. The molecule has 32 heavy (non-hydrogen) atoms. The smallest absolute Gasteiger partial charge is 0.317 e. The highest BCUT2D eigenvalue weighted by atomic mass is 32.2. The number of amides is 2. The number of rotatable bonds is 3. The number of sulfone groups is 1. The zero-order chi connectivity index (χ0) is 22.3. The Bertz CT molecular complexity index is 1230. The van der Waals surface area contributed by atoms with E-state index in [-0.39, 0.29) is 29.5 Å². The lowest BCUT2D eigenvalue weighted by molar-refractivity contribution is 0.171. The van der Waals surface area contributed by atoms with E-state index in [0.29, 0.717) is 43.5 Å². The Balaban J connectivity index is 1.19. The van der Waals surface area contributed by atoms with Crippen LogP contribution in [0.3, 0.4) is 0 Å². The van der Waals surface area contributed by atoms with E-state index in [0.717, 1.165) is 23.9 Å². The van der Waals surface area contributed by atoms with Gasteiger partial charge in [0.15, 0.2) is 5.82 Å². The molecular weight excluding hydrogens is 432 g/mol. The second-order valence-electron chi connectivity index (χ2n) is 8.58. The summed E-state index contributed by atoms with van der Waals surface area (Å²) in [7, 11) is -1.01. The largest absolute Gasteiger partial charge is 0.339 e. The van der Waals surface area contributed by atoms with Crippen LogP contribution in [0.2, 0.25) is 0 Å². The third kappa shape index (κ3) is 4.08. The highest BCUT2D eigenvalue weighted by Gasteiger charge is 2.30. The molecule has 0 bridgehead atoms. The number of aromatic nitrogens is 4. The molecule has 2 fully saturated rings. The van der Waals surface area contributed by atoms with Gasteiger partial charge in [-0.15, -0.1) is 0 Å². The minimum Gasteiger partial charge on any atom is -0.339 e. The second-order valence-corrected chi connectivity index (χ2v) is 10.9. The van der Waals surface area contributed by atoms with Gasteiger partial charge in [0, 0.05) is 32.1 Å². The predicted octanol–water partition coefficient (Wildman–Crippen LogP) is 2.09. The number of urea groups is 1. The normalized spacial score (nSPS) is 20.0. The molecule has 2 aliphatic rings. The average molecular weight is 459 g/mol. The first-order valence-corrected chi connectivity index (χ1v) is 12.7. The van der Waals surface area contributed by atoms with Crippen LogP contribution < -0.4 is 5.32 Å². The van der Waals surface area contributed by atoms with E-state index >= 15 is 0 Å². The Labute approximate surface area is 185 Å². The summed E-state index contributed by atoms with van der Waals surface area (Å²) in [6.07, 6.45) is 2.43. The lowest BCUT2D eigenvalue weighted by atomic mass is 9.97. The molecule has 2 saturated heterocycles. The molecule has 0 atom stereocenters. The van der Waals surface area contributed by atoms with Gasteiger partial charge in [-0.3, -0.25) is 0 Å². The lowest BCUT2D eigenvalue weighted by Crippen LogP contribution is -2.49. The summed E-state index contributed by atoms with van der Waals surface area (Å²) in [4.78, 5) is 23.6. The van der Waals surface area contributed by atoms with Crippen molar-refractivity contribution >= 4 is 26.9 Å². The molecule has 0 unspecified atom stereocenters. The standard InChI is InChI=1S/C21H26N6O4S/c1-26-17-5-3-2-4-16(17)23-19(26)18-24-20(31-25-18)14-6-10-27(11-7-14)21(28)22-15-8-12-32(29,30)13-9-15/h2-5,14-15H,6-13H2,1H3,(H,22,28). The number of piperidine rings is 1. The van der Waals surface area contributed by atoms with Crippen molar-refractivity contribution in [3.05, 3.63) is 30.2 Å². The fourth-order valence-corrected chi connectivity index (χ4v) is 5.96. The fourth-order valence-electron chi connectivity index (χ4n) is 4.47. The van der Waals surface area contributed by atoms with Gasteiger partial charge in [-0.25, -0.2) is 18.2 Å². The van der Waals surface area contributed by atoms with Gasteiger partial charge in [-0.2, -0.15) is 4.98 Å². The van der Waals surface area contributed by atoms with Crippen molar-refractivity contribution in [3.63, 3.8) is 0 Å². The molecule has 170 valence electrons. The molecule has 0 aliphatic carbocycles. The van der Waals surface area contributed by atoms with Gasteiger partial charge >= 0.3 is 6.03 Å². The van der Waals surface area contributed by atoms with Crippen molar-refractivity contribution in [2.45, 2.75) is 37.6 Å². The molecule has 11 heteroatoms. The third-order valence-corrected chi connectivity index (χ3v) is 8.16. The van der Waals surface area contributed by atoms with Crippen LogP contribution in [0.15, 0.2) is 28.8 Å². The number of fused-ring (bicyclic) bond motifs is 1. The number of imidazole rings is 1. The Morgan fingerprint density at radius 1 is 1.09 bits per heavy atom. The maximum absolute atomic E-state index is 12.6. The first kappa shape index (κ1) is 20.9. The van der Waals surface area contributed by atoms with E-state index < -0.39 is 9.84 Å². The zero-order valence-electron chi connectivity index (χ0n) is 17.9. The molecule has 10 nitrogen and oxygen atoms in total. The third-order valence-electron chi connectivity index (χ3n) is 6.44. The van der Waals surface area contributed by atoms with E-state index in [2.05, 4.69) is 20.4 Å². The molecule has 3 aromatic rings. The quantitative estimate of drug-likeness (QED) is 0.637. The molecule has 2 aromatic heterocycles. The Hall–Kier alpha value is -2.95. The molecule has 4 heterocycles. The van der Waals surface area contributed by atoms with Gasteiger partial charge in [0.1, 0.15) is 9.84 Å². The minimum absolute atomic E-state index is 0.0736. The number of hydrogen-bond acceptors (Lipinski definition) is 7. The van der Waals surface area contributed by atoms with Crippen LogP contribution in [0, 0.1) is 0 Å². The summed E-state index contributed by atoms with van der Waals surface area (Å²) < 4.78 is 30.6. The van der Waals surface area contributed by atoms with Crippen molar-refractivity contribution < 1.29 is 17.7 Å². The number of likely N-dealkylation sites (tertiary alicyclic amines) is 1. The van der Waals surface area contributed by atoms with Crippen molar-refractivity contribution in [2.24, 2.45) is 7.05 Å². The zero-order valence-corrected chi connectivity index (χ0v) is 18.7. The monoisotopic (exact) mass is 458 g/mol. The Morgan fingerprint density at radius 2 is 1.81 bits per heavy atom. The minimum atomic E-state index is -2.94. The molecular formula is C21H26N6O4S. The summed E-state index contributed by atoms with van der Waals surface area (Å²) in [5.41, 5.74) is 1.88. The highest BCUT2D eigenvalue weighted by Crippen LogP contribution is 2.29. The number of hydrogen-bond donors (Lipinski definition) is 1. The Morgan fingerprint density at radius 3 is 2.53 bits per heavy atom. The van der Waals surface area contributed by atoms with E-state index in [1.807, 2.05) is 35.9 Å². The fraction of sp³-hybridized carbons (Fsp3) is 0.524. The van der Waals surface area contributed by atoms with Crippen molar-refractivity contribution in [1.29, 1.82) is 0 Å². The number of nitrogens with one attached hydrogen (secondary N) is 1. The van der Waals surface area contributed by atoms with E-state index in [9.17, 15) is 13.2 Å². The van der Waals surface area contributed by atoms with Crippen LogP contribution in [-0.2, 0) is 16.9 Å². The van der Waals surface area contributed by atoms with Crippen LogP contribution in [-0.4, -0.2) is 69.7 Å². The van der Waals surface area contributed by atoms with Gasteiger partial charge in [0.2, 0.25) is 11.7 Å². The summed E-state index contributed by atoms with van der Waals surface area (Å²) >= 11 is 0. The SMILES string of the molecule is Cn1c(-c2noc(C3CCN(C(=O)NC4CCS(=O)(=O)CC4)CC3)n2)nc2ccccc21. The molecule has 1 aromatic carbocycles. The molecule has 0 spiro atoms. The highest BCUT2D eigenvalue weighted by molar-refractivity contribution is 7.91. The number of aryl methyl sites for hydroxylation is 1. The topological polar surface area (TPSA) is 123 Å². The van der Waals surface area contributed by atoms with Crippen molar-refractivity contribution in [2.75, 3.05) is 24.6 Å². The maximum atomic E-state index is 12.6. The van der Waals surface area contributed by atoms with E-state index in [1.165, 1.54) is 0 Å². The lowest BCUT2D eigenvalue weighted by Gasteiger charge is -2.32. The van der Waals surface area contributed by atoms with Crippen LogP contribution in [0.1, 0.15) is 37.5 Å². The first-order chi connectivity index (χ1) is 15.4. The van der Waals surface area contributed by atoms with Gasteiger partial charge in [0.05, 0.1) is 22.5 Å². The summed E-state index contributed by atoms with van der Waals surface area (Å²) in [6.45, 7) is 1.18. The number of nitrogens with zero attached hydrogens (tertiary/aromatic N) is 5. The maximum Gasteiger partial charge on any atom is 0.317 e. The summed E-state index contributed by atoms with van der Waals surface area (Å²) in [6, 6.07) is 7.66. The number of benzene rings is 1. The first-order valence-electron chi connectivity index (χ1n) is 10.9. The van der Waals surface area contributed by atoms with Gasteiger partial charge in [0.25, 0.3) is 0 Å². The molecule has 1 N–H and O–H groups in total. The van der Waals surface area contributed by atoms with Gasteiger partial charge in [-0.05, 0) is 37.8 Å². The second kappa shape index (κ2) is 8.19. The van der Waals surface area contributed by atoms with Crippen LogP contribution in [0.4, 0.5) is 4.79 Å². The van der Waals surface area contributed by atoms with Crippen LogP contribution in [0.25, 0.3) is 22.7 Å². The average Bonchev–Trinajstić information content (AvgIpc) is 3.41. The van der Waals surface area contributed by atoms with E-state index in [4.69, 9.17) is 4.52 Å². The van der Waals surface area contributed by atoms with Crippen molar-refractivity contribution in [3.8, 4) is 11.6 Å². The van der Waals surface area contributed by atoms with Crippen LogP contribution >= 0.6 is 0 Å². The summed E-state index contributed by atoms with van der Waals surface area (Å²) in [5, 5.41) is 7.14.